The summed E-state index contributed by atoms with van der Waals surface area (Å²) in [5.41, 5.74) is 5.35. The Kier molecular flexibility index (Phi) is 32.5. The summed E-state index contributed by atoms with van der Waals surface area (Å²) >= 11 is 0. The van der Waals surface area contributed by atoms with Crippen LogP contribution < -0.4 is 5.73 Å². The van der Waals surface area contributed by atoms with E-state index in [1.165, 1.54) is 135 Å². The number of esters is 2. The number of hydrogen-bond acceptors (Lipinski definition) is 9. The highest BCUT2D eigenvalue weighted by molar-refractivity contribution is 7.47. The van der Waals surface area contributed by atoms with Crippen LogP contribution in [0.25, 0.3) is 0 Å². The molecule has 308 valence electrons. The van der Waals surface area contributed by atoms with Gasteiger partial charge in [0, 0.05) is 19.4 Å². The molecule has 10 nitrogen and oxygen atoms in total. The first-order chi connectivity index (χ1) is 25.3. The molecule has 4 atom stereocenters. The van der Waals surface area contributed by atoms with E-state index < -0.39 is 26.5 Å². The lowest BCUT2D eigenvalue weighted by Crippen LogP contribution is -2.29. The van der Waals surface area contributed by atoms with Crippen LogP contribution in [0.4, 0.5) is 0 Å². The van der Waals surface area contributed by atoms with E-state index >= 15 is 0 Å². The third-order valence-corrected chi connectivity index (χ3v) is 10.9. The summed E-state index contributed by atoms with van der Waals surface area (Å²) in [6.45, 7) is 3.73. The molecule has 0 aliphatic carbocycles. The molecule has 1 heterocycles. The molecule has 0 radical (unpaired) electrons. The molecule has 0 amide bonds. The van der Waals surface area contributed by atoms with Gasteiger partial charge in [0.2, 0.25) is 0 Å². The lowest BCUT2D eigenvalue weighted by atomic mass is 10.0. The van der Waals surface area contributed by atoms with E-state index in [0.29, 0.717) is 18.6 Å². The maximum atomic E-state index is 12.6. The number of nitrogens with two attached hydrogens (primary N) is 1. The van der Waals surface area contributed by atoms with Crippen molar-refractivity contribution in [1.29, 1.82) is 0 Å². The van der Waals surface area contributed by atoms with E-state index in [1.807, 2.05) is 0 Å². The van der Waals surface area contributed by atoms with Crippen LogP contribution >= 0.6 is 7.82 Å². The number of carbonyl (C=O) groups is 2. The van der Waals surface area contributed by atoms with E-state index in [4.69, 9.17) is 29.0 Å². The summed E-state index contributed by atoms with van der Waals surface area (Å²) in [5.74, 6) is -0.828. The molecule has 1 aliphatic heterocycles. The van der Waals surface area contributed by atoms with Crippen molar-refractivity contribution in [3.63, 3.8) is 0 Å². The Balaban J connectivity index is 2.15. The molecule has 1 aliphatic rings. The summed E-state index contributed by atoms with van der Waals surface area (Å²) in [4.78, 5) is 34.9. The second-order valence-electron chi connectivity index (χ2n) is 15.0. The Hall–Kier alpha value is -1.03. The van der Waals surface area contributed by atoms with Gasteiger partial charge in [0.15, 0.2) is 6.10 Å². The second kappa shape index (κ2) is 34.5. The van der Waals surface area contributed by atoms with Crippen LogP contribution in [0.3, 0.4) is 0 Å². The molecule has 1 fully saturated rings. The number of unbranched alkanes of at least 4 members (excludes halogenated alkanes) is 23. The Labute approximate surface area is 318 Å². The van der Waals surface area contributed by atoms with Gasteiger partial charge in [0.1, 0.15) is 6.61 Å². The molecule has 0 aromatic heterocycles. The minimum Gasteiger partial charge on any atom is -0.462 e. The monoisotopic (exact) mass is 762 g/mol. The Morgan fingerprint density at radius 3 is 1.46 bits per heavy atom. The van der Waals surface area contributed by atoms with Gasteiger partial charge in [-0.2, -0.15) is 0 Å². The van der Waals surface area contributed by atoms with Gasteiger partial charge in [0.05, 0.1) is 25.4 Å². The summed E-state index contributed by atoms with van der Waals surface area (Å²) in [6.07, 6.45) is 34.3. The first-order valence-corrected chi connectivity index (χ1v) is 23.1. The molecule has 0 bridgehead atoms. The van der Waals surface area contributed by atoms with Crippen LogP contribution in [-0.2, 0) is 37.4 Å². The number of rotatable bonds is 40. The van der Waals surface area contributed by atoms with Gasteiger partial charge >= 0.3 is 19.8 Å². The number of carbonyl (C=O) groups excluding carboxylic acids is 2. The molecule has 1 saturated heterocycles. The quantitative estimate of drug-likeness (QED) is 0.0267. The zero-order valence-electron chi connectivity index (χ0n) is 33.5. The van der Waals surface area contributed by atoms with Crippen molar-refractivity contribution in [2.24, 2.45) is 5.73 Å². The van der Waals surface area contributed by atoms with Crippen LogP contribution in [0.15, 0.2) is 0 Å². The summed E-state index contributed by atoms with van der Waals surface area (Å²) < 4.78 is 38.6. The molecule has 0 spiro atoms. The van der Waals surface area contributed by atoms with E-state index in [-0.39, 0.29) is 38.6 Å². The average molecular weight is 762 g/mol. The Morgan fingerprint density at radius 1 is 0.596 bits per heavy atom. The summed E-state index contributed by atoms with van der Waals surface area (Å²) in [5, 5.41) is 0. The highest BCUT2D eigenvalue weighted by Crippen LogP contribution is 2.43. The van der Waals surface area contributed by atoms with Gasteiger partial charge in [-0.05, 0) is 25.7 Å². The van der Waals surface area contributed by atoms with Crippen molar-refractivity contribution in [2.75, 3.05) is 26.4 Å². The first kappa shape index (κ1) is 49.0. The average Bonchev–Trinajstić information content (AvgIpc) is 3.89. The van der Waals surface area contributed by atoms with Gasteiger partial charge in [-0.1, -0.05) is 168 Å². The fraction of sp³-hybridized carbons (Fsp3) is 0.951. The van der Waals surface area contributed by atoms with Crippen molar-refractivity contribution in [1.82, 2.24) is 0 Å². The molecule has 3 N–H and O–H groups in total. The first-order valence-electron chi connectivity index (χ1n) is 21.6. The van der Waals surface area contributed by atoms with E-state index in [9.17, 15) is 19.0 Å². The number of ether oxygens (including phenoxy) is 3. The molecular formula is C41H80NO9P. The number of phosphoric acid groups is 1. The normalized spacial score (nSPS) is 17.2. The maximum absolute atomic E-state index is 12.6. The maximum Gasteiger partial charge on any atom is 0.472 e. The smallest absolute Gasteiger partial charge is 0.462 e. The van der Waals surface area contributed by atoms with Crippen LogP contribution in [0.5, 0.6) is 0 Å². The van der Waals surface area contributed by atoms with Crippen molar-refractivity contribution >= 4 is 19.8 Å². The predicted octanol–water partition coefficient (Wildman–Crippen LogP) is 11.0. The number of phosphoric ester groups is 1. The van der Waals surface area contributed by atoms with E-state index in [1.54, 1.807) is 0 Å². The fourth-order valence-electron chi connectivity index (χ4n) is 6.60. The van der Waals surface area contributed by atoms with Crippen molar-refractivity contribution < 1.29 is 42.3 Å². The molecule has 0 aromatic carbocycles. The molecule has 11 heteroatoms. The highest BCUT2D eigenvalue weighted by Gasteiger charge is 2.36. The van der Waals surface area contributed by atoms with Crippen LogP contribution in [0.1, 0.15) is 206 Å². The van der Waals surface area contributed by atoms with Crippen LogP contribution in [0, 0.1) is 0 Å². The molecule has 4 unspecified atom stereocenters. The largest absolute Gasteiger partial charge is 0.472 e. The zero-order valence-corrected chi connectivity index (χ0v) is 34.4. The zero-order chi connectivity index (χ0) is 38.0. The molecule has 0 aromatic rings. The van der Waals surface area contributed by atoms with E-state index in [0.717, 1.165) is 38.5 Å². The predicted molar refractivity (Wildman–Crippen MR) is 210 cm³/mol. The summed E-state index contributed by atoms with van der Waals surface area (Å²) in [6, 6.07) is 0. The number of epoxide rings is 1. The highest BCUT2D eigenvalue weighted by atomic mass is 31.2. The van der Waals surface area contributed by atoms with Crippen LogP contribution in [-0.4, -0.2) is 61.5 Å². The number of hydrogen-bond donors (Lipinski definition) is 2. The lowest BCUT2D eigenvalue weighted by Gasteiger charge is -2.19. The van der Waals surface area contributed by atoms with E-state index in [2.05, 4.69) is 13.8 Å². The summed E-state index contributed by atoms with van der Waals surface area (Å²) in [7, 11) is -4.37. The third kappa shape index (κ3) is 31.3. The van der Waals surface area contributed by atoms with Gasteiger partial charge in [-0.15, -0.1) is 0 Å². The standard InChI is InChI=1S/C41H80NO9P/c1-3-5-7-9-10-11-12-13-14-15-16-17-20-23-27-31-40(43)47-35-37(36-49-52(45,46)48-34-33-42)50-41(44)32-28-24-21-18-19-22-26-30-39-38(51-39)29-25-8-6-4-2/h37-39H,3-36,42H2,1-2H3,(H,45,46). The molecule has 0 saturated carbocycles. The third-order valence-electron chi connectivity index (χ3n) is 9.91. The van der Waals surface area contributed by atoms with Gasteiger partial charge < -0.3 is 24.8 Å². The van der Waals surface area contributed by atoms with Gasteiger partial charge in [-0.25, -0.2) is 4.57 Å². The second-order valence-corrected chi connectivity index (χ2v) is 16.4. The molecular weight excluding hydrogens is 681 g/mol. The van der Waals surface area contributed by atoms with Crippen LogP contribution in [0.2, 0.25) is 0 Å². The Morgan fingerprint density at radius 2 is 1.00 bits per heavy atom. The fourth-order valence-corrected chi connectivity index (χ4v) is 7.37. The topological polar surface area (TPSA) is 147 Å². The van der Waals surface area contributed by atoms with Crippen molar-refractivity contribution in [2.45, 2.75) is 225 Å². The van der Waals surface area contributed by atoms with Crippen molar-refractivity contribution in [3.8, 4) is 0 Å². The minimum atomic E-state index is -4.37. The van der Waals surface area contributed by atoms with Crippen molar-refractivity contribution in [3.05, 3.63) is 0 Å². The van der Waals surface area contributed by atoms with Gasteiger partial charge in [0.25, 0.3) is 0 Å². The lowest BCUT2D eigenvalue weighted by molar-refractivity contribution is -0.161. The molecule has 1 rings (SSSR count). The SMILES string of the molecule is CCCCCCCCCCCCCCCCCC(=O)OCC(COP(=O)(O)OCCN)OC(=O)CCCCCCCCCC1OC1CCCCCC. The minimum absolute atomic E-state index is 0.0539. The van der Waals surface area contributed by atoms with Gasteiger partial charge in [-0.3, -0.25) is 18.6 Å². The Bertz CT molecular complexity index is 892. The molecule has 52 heavy (non-hydrogen) atoms.